The summed E-state index contributed by atoms with van der Waals surface area (Å²) >= 11 is 2.30. The Hall–Kier alpha value is -1.56. The minimum absolute atomic E-state index is 0.0780. The van der Waals surface area contributed by atoms with E-state index in [-0.39, 0.29) is 5.91 Å². The molecule has 3 nitrogen and oxygen atoms in total. The number of carbonyl (C=O) groups excluding carboxylic acids is 1. The molecule has 2 aromatic rings. The summed E-state index contributed by atoms with van der Waals surface area (Å²) < 4.78 is 6.42. The van der Waals surface area contributed by atoms with Crippen LogP contribution in [0.1, 0.15) is 49.3 Å². The van der Waals surface area contributed by atoms with Gasteiger partial charge in [-0.05, 0) is 95.3 Å². The lowest BCUT2D eigenvalue weighted by Gasteiger charge is -2.14. The number of methoxy groups -OCH3 is 1. The smallest absolute Gasteiger partial charge is 0.224 e. The molecule has 0 radical (unpaired) electrons. The highest BCUT2D eigenvalue weighted by atomic mass is 127. The van der Waals surface area contributed by atoms with Crippen LogP contribution in [0.15, 0.2) is 36.4 Å². The molecular weight excluding hydrogens is 425 g/mol. The Morgan fingerprint density at radius 2 is 1.96 bits per heavy atom. The maximum Gasteiger partial charge on any atom is 0.224 e. The van der Waals surface area contributed by atoms with E-state index < -0.39 is 0 Å². The van der Waals surface area contributed by atoms with Gasteiger partial charge < -0.3 is 10.1 Å². The second-order valence-corrected chi connectivity index (χ2v) is 7.83. The third-order valence-corrected chi connectivity index (χ3v) is 4.98. The van der Waals surface area contributed by atoms with Gasteiger partial charge in [-0.15, -0.1) is 0 Å². The standard InChI is InChI=1S/C21H26INO2/c1-14(2)19-13-17(22)9-11-20(19)23-21(24)7-5-6-16-8-10-18(25-4)12-15(16)3/h8-14H,5-7H2,1-4H3,(H,23,24). The van der Waals surface area contributed by atoms with Crippen LogP contribution in [0.5, 0.6) is 5.75 Å². The van der Waals surface area contributed by atoms with Gasteiger partial charge in [0.2, 0.25) is 5.91 Å². The number of hydrogen-bond donors (Lipinski definition) is 1. The highest BCUT2D eigenvalue weighted by molar-refractivity contribution is 14.1. The van der Waals surface area contributed by atoms with Crippen LogP contribution in [0.3, 0.4) is 0 Å². The minimum atomic E-state index is 0.0780. The lowest BCUT2D eigenvalue weighted by atomic mass is 10.0. The zero-order valence-electron chi connectivity index (χ0n) is 15.4. The molecule has 1 N–H and O–H groups in total. The van der Waals surface area contributed by atoms with E-state index >= 15 is 0 Å². The van der Waals surface area contributed by atoms with Crippen molar-refractivity contribution in [1.29, 1.82) is 0 Å². The molecule has 134 valence electrons. The van der Waals surface area contributed by atoms with Gasteiger partial charge in [-0.3, -0.25) is 4.79 Å². The van der Waals surface area contributed by atoms with Crippen molar-refractivity contribution in [3.63, 3.8) is 0 Å². The number of benzene rings is 2. The molecule has 0 aliphatic heterocycles. The molecule has 2 rings (SSSR count). The van der Waals surface area contributed by atoms with Crippen LogP contribution in [0.4, 0.5) is 5.69 Å². The summed E-state index contributed by atoms with van der Waals surface area (Å²) in [6.45, 7) is 6.37. The van der Waals surface area contributed by atoms with E-state index in [1.807, 2.05) is 24.3 Å². The second kappa shape index (κ2) is 9.22. The first-order valence-electron chi connectivity index (χ1n) is 8.63. The molecule has 0 heterocycles. The number of carbonyl (C=O) groups is 1. The number of hydrogen-bond acceptors (Lipinski definition) is 2. The Morgan fingerprint density at radius 3 is 2.60 bits per heavy atom. The molecule has 0 spiro atoms. The van der Waals surface area contributed by atoms with Crippen molar-refractivity contribution in [3.8, 4) is 5.75 Å². The van der Waals surface area contributed by atoms with Gasteiger partial charge in [0.15, 0.2) is 0 Å². The van der Waals surface area contributed by atoms with Gasteiger partial charge in [-0.2, -0.15) is 0 Å². The molecule has 0 unspecified atom stereocenters. The zero-order valence-corrected chi connectivity index (χ0v) is 17.5. The lowest BCUT2D eigenvalue weighted by molar-refractivity contribution is -0.116. The number of nitrogens with one attached hydrogen (secondary N) is 1. The SMILES string of the molecule is COc1ccc(CCCC(=O)Nc2ccc(I)cc2C(C)C)c(C)c1. The van der Waals surface area contributed by atoms with Crippen molar-refractivity contribution >= 4 is 34.2 Å². The van der Waals surface area contributed by atoms with E-state index in [9.17, 15) is 4.79 Å². The van der Waals surface area contributed by atoms with Gasteiger partial charge in [-0.1, -0.05) is 19.9 Å². The zero-order chi connectivity index (χ0) is 18.4. The van der Waals surface area contributed by atoms with Crippen LogP contribution in [0.25, 0.3) is 0 Å². The van der Waals surface area contributed by atoms with Crippen LogP contribution >= 0.6 is 22.6 Å². The van der Waals surface area contributed by atoms with Crippen LogP contribution in [0.2, 0.25) is 0 Å². The van der Waals surface area contributed by atoms with Gasteiger partial charge in [-0.25, -0.2) is 0 Å². The normalized spacial score (nSPS) is 10.8. The average molecular weight is 451 g/mol. The summed E-state index contributed by atoms with van der Waals surface area (Å²) in [5.74, 6) is 1.33. The minimum Gasteiger partial charge on any atom is -0.497 e. The Balaban J connectivity index is 1.91. The van der Waals surface area contributed by atoms with E-state index in [2.05, 4.69) is 60.8 Å². The average Bonchev–Trinajstić information content (AvgIpc) is 2.57. The molecule has 0 aliphatic carbocycles. The number of rotatable bonds is 7. The Kier molecular flexibility index (Phi) is 7.29. The van der Waals surface area contributed by atoms with Crippen molar-refractivity contribution in [3.05, 3.63) is 56.7 Å². The van der Waals surface area contributed by atoms with Crippen LogP contribution in [0, 0.1) is 10.5 Å². The van der Waals surface area contributed by atoms with E-state index in [1.165, 1.54) is 20.3 Å². The molecule has 0 aromatic heterocycles. The van der Waals surface area contributed by atoms with E-state index in [1.54, 1.807) is 7.11 Å². The summed E-state index contributed by atoms with van der Waals surface area (Å²) in [7, 11) is 1.68. The third-order valence-electron chi connectivity index (χ3n) is 4.31. The van der Waals surface area contributed by atoms with Gasteiger partial charge >= 0.3 is 0 Å². The molecule has 4 heteroatoms. The van der Waals surface area contributed by atoms with Crippen LogP contribution in [-0.4, -0.2) is 13.0 Å². The monoisotopic (exact) mass is 451 g/mol. The van der Waals surface area contributed by atoms with E-state index in [0.717, 1.165) is 24.3 Å². The molecule has 0 saturated heterocycles. The van der Waals surface area contributed by atoms with Gasteiger partial charge in [0.1, 0.15) is 5.75 Å². The first kappa shape index (κ1) is 19.8. The molecule has 0 aliphatic rings. The predicted octanol–water partition coefficient (Wildman–Crippen LogP) is 5.69. The Morgan fingerprint density at radius 1 is 1.20 bits per heavy atom. The van der Waals surface area contributed by atoms with Crippen LogP contribution < -0.4 is 10.1 Å². The van der Waals surface area contributed by atoms with Crippen molar-refractivity contribution in [2.45, 2.75) is 46.0 Å². The fourth-order valence-electron chi connectivity index (χ4n) is 2.85. The summed E-state index contributed by atoms with van der Waals surface area (Å²) in [5, 5.41) is 3.08. The third kappa shape index (κ3) is 5.73. The number of amides is 1. The van der Waals surface area contributed by atoms with Gasteiger partial charge in [0, 0.05) is 15.7 Å². The maximum absolute atomic E-state index is 12.3. The Bertz CT molecular complexity index is 741. The largest absolute Gasteiger partial charge is 0.497 e. The first-order valence-corrected chi connectivity index (χ1v) is 9.71. The molecule has 0 bridgehead atoms. The van der Waals surface area contributed by atoms with Crippen molar-refractivity contribution < 1.29 is 9.53 Å². The van der Waals surface area contributed by atoms with Crippen LogP contribution in [-0.2, 0) is 11.2 Å². The predicted molar refractivity (Wildman–Crippen MR) is 113 cm³/mol. The summed E-state index contributed by atoms with van der Waals surface area (Å²) in [6, 6.07) is 12.3. The maximum atomic E-state index is 12.3. The highest BCUT2D eigenvalue weighted by Gasteiger charge is 2.11. The Labute approximate surface area is 164 Å². The number of ether oxygens (including phenoxy) is 1. The second-order valence-electron chi connectivity index (χ2n) is 6.58. The van der Waals surface area contributed by atoms with Crippen molar-refractivity contribution in [1.82, 2.24) is 0 Å². The molecule has 25 heavy (non-hydrogen) atoms. The fourth-order valence-corrected chi connectivity index (χ4v) is 3.37. The quantitative estimate of drug-likeness (QED) is 0.549. The molecule has 2 aromatic carbocycles. The van der Waals surface area contributed by atoms with E-state index in [4.69, 9.17) is 4.74 Å². The molecule has 0 atom stereocenters. The number of halogens is 1. The van der Waals surface area contributed by atoms with E-state index in [0.29, 0.717) is 12.3 Å². The van der Waals surface area contributed by atoms with Gasteiger partial charge in [0.25, 0.3) is 0 Å². The first-order chi connectivity index (χ1) is 11.9. The number of aryl methyl sites for hydroxylation is 2. The number of anilines is 1. The summed E-state index contributed by atoms with van der Waals surface area (Å²) in [6.07, 6.45) is 2.25. The topological polar surface area (TPSA) is 38.3 Å². The van der Waals surface area contributed by atoms with Crippen molar-refractivity contribution in [2.24, 2.45) is 0 Å². The highest BCUT2D eigenvalue weighted by Crippen LogP contribution is 2.26. The molecule has 0 saturated carbocycles. The summed E-state index contributed by atoms with van der Waals surface area (Å²) in [5.41, 5.74) is 4.59. The fraction of sp³-hybridized carbons (Fsp3) is 0.381. The molecular formula is C21H26INO2. The molecule has 0 fully saturated rings. The molecule has 1 amide bonds. The lowest BCUT2D eigenvalue weighted by Crippen LogP contribution is -2.13. The van der Waals surface area contributed by atoms with Gasteiger partial charge in [0.05, 0.1) is 7.11 Å². The summed E-state index contributed by atoms with van der Waals surface area (Å²) in [4.78, 5) is 12.3. The van der Waals surface area contributed by atoms with Crippen molar-refractivity contribution in [2.75, 3.05) is 12.4 Å².